The minimum atomic E-state index is -4.21. The van der Waals surface area contributed by atoms with Crippen molar-refractivity contribution in [3.8, 4) is 0 Å². The van der Waals surface area contributed by atoms with Crippen LogP contribution < -0.4 is 5.73 Å². The summed E-state index contributed by atoms with van der Waals surface area (Å²) in [6, 6.07) is 1.47. The third-order valence-corrected chi connectivity index (χ3v) is 3.87. The van der Waals surface area contributed by atoms with Crippen molar-refractivity contribution in [1.29, 1.82) is 0 Å². The quantitative estimate of drug-likeness (QED) is 0.836. The Hall–Kier alpha value is -1.01. The molecule has 1 aromatic rings. The van der Waals surface area contributed by atoms with Gasteiger partial charge in [0.05, 0.1) is 16.5 Å². The Bertz CT molecular complexity index is 471. The summed E-state index contributed by atoms with van der Waals surface area (Å²) in [5.41, 5.74) is 4.62. The van der Waals surface area contributed by atoms with Crippen molar-refractivity contribution in [3.63, 3.8) is 0 Å². The highest BCUT2D eigenvalue weighted by atomic mass is 35.5. The second-order valence-electron chi connectivity index (χ2n) is 4.93. The zero-order valence-electron chi connectivity index (χ0n) is 10.0. The highest BCUT2D eigenvalue weighted by Gasteiger charge is 2.46. The summed E-state index contributed by atoms with van der Waals surface area (Å²) in [6.45, 7) is 0. The molecular weight excluding hydrogens is 281 g/mol. The molecule has 2 rings (SSSR count). The van der Waals surface area contributed by atoms with Gasteiger partial charge in [0.25, 0.3) is 0 Å². The minimum absolute atomic E-state index is 0.00337. The molecule has 3 N–H and O–H groups in total. The van der Waals surface area contributed by atoms with Gasteiger partial charge in [0.15, 0.2) is 0 Å². The molecule has 0 bridgehead atoms. The van der Waals surface area contributed by atoms with Gasteiger partial charge < -0.3 is 10.8 Å². The lowest BCUT2D eigenvalue weighted by molar-refractivity contribution is -0.193. The first-order valence-corrected chi connectivity index (χ1v) is 6.31. The Morgan fingerprint density at radius 1 is 1.37 bits per heavy atom. The van der Waals surface area contributed by atoms with Gasteiger partial charge in [0.2, 0.25) is 0 Å². The van der Waals surface area contributed by atoms with Crippen molar-refractivity contribution in [3.05, 3.63) is 22.8 Å². The van der Waals surface area contributed by atoms with Crippen LogP contribution in [0.4, 0.5) is 19.0 Å². The number of nitrogens with zero attached hydrogens (tertiary/aromatic N) is 1. The van der Waals surface area contributed by atoms with Crippen molar-refractivity contribution in [2.75, 3.05) is 5.73 Å². The Morgan fingerprint density at radius 2 is 1.95 bits per heavy atom. The number of alkyl halides is 3. The zero-order chi connectivity index (χ0) is 14.3. The summed E-state index contributed by atoms with van der Waals surface area (Å²) in [7, 11) is 0. The molecule has 3 nitrogen and oxygen atoms in total. The lowest BCUT2D eigenvalue weighted by Gasteiger charge is -2.37. The largest absolute Gasteiger partial charge is 0.391 e. The van der Waals surface area contributed by atoms with Crippen LogP contribution in [0.15, 0.2) is 12.3 Å². The fraction of sp³-hybridized carbons (Fsp3) is 0.583. The molecule has 1 aliphatic rings. The van der Waals surface area contributed by atoms with E-state index in [-0.39, 0.29) is 31.5 Å². The highest BCUT2D eigenvalue weighted by molar-refractivity contribution is 6.30. The van der Waals surface area contributed by atoms with Gasteiger partial charge in [-0.05, 0) is 31.7 Å². The molecule has 0 aromatic carbocycles. The molecule has 1 aromatic heterocycles. The number of hydrogen-bond acceptors (Lipinski definition) is 3. The van der Waals surface area contributed by atoms with Crippen LogP contribution in [0.1, 0.15) is 31.2 Å². The summed E-state index contributed by atoms with van der Waals surface area (Å²) in [5, 5.41) is 10.8. The lowest BCUT2D eigenvalue weighted by Crippen LogP contribution is -2.37. The van der Waals surface area contributed by atoms with Gasteiger partial charge >= 0.3 is 6.18 Å². The van der Waals surface area contributed by atoms with Gasteiger partial charge in [-0.2, -0.15) is 13.2 Å². The standard InChI is InChI=1S/C12H14ClF3N2O/c13-8-5-9(10(17)18-6-8)11(19)3-1-7(2-4-11)12(14,15)16/h5-7,19H,1-4H2,(H2,17,18). The Morgan fingerprint density at radius 3 is 2.47 bits per heavy atom. The van der Waals surface area contributed by atoms with E-state index in [4.69, 9.17) is 17.3 Å². The first-order valence-electron chi connectivity index (χ1n) is 5.93. The predicted molar refractivity (Wildman–Crippen MR) is 65.6 cm³/mol. The molecule has 1 fully saturated rings. The van der Waals surface area contributed by atoms with E-state index in [0.717, 1.165) is 0 Å². The van der Waals surface area contributed by atoms with Crippen molar-refractivity contribution < 1.29 is 18.3 Å². The van der Waals surface area contributed by atoms with Gasteiger partial charge in [0, 0.05) is 11.8 Å². The zero-order valence-corrected chi connectivity index (χ0v) is 10.8. The van der Waals surface area contributed by atoms with Crippen molar-refractivity contribution in [2.45, 2.75) is 37.5 Å². The monoisotopic (exact) mass is 294 g/mol. The predicted octanol–water partition coefficient (Wildman–Crippen LogP) is 3.26. The van der Waals surface area contributed by atoms with Gasteiger partial charge in [-0.25, -0.2) is 4.98 Å². The normalized spacial score (nSPS) is 28.4. The molecule has 1 saturated carbocycles. The fourth-order valence-corrected chi connectivity index (χ4v) is 2.67. The number of nitrogens with two attached hydrogens (primary N) is 1. The number of rotatable bonds is 1. The molecule has 0 amide bonds. The number of anilines is 1. The summed E-state index contributed by atoms with van der Waals surface area (Å²) in [4.78, 5) is 3.83. The van der Waals surface area contributed by atoms with E-state index in [1.54, 1.807) is 0 Å². The van der Waals surface area contributed by atoms with Gasteiger partial charge in [-0.15, -0.1) is 0 Å². The molecule has 19 heavy (non-hydrogen) atoms. The smallest absolute Gasteiger partial charge is 0.385 e. The molecular formula is C12H14ClF3N2O. The molecule has 106 valence electrons. The van der Waals surface area contributed by atoms with Gasteiger partial charge in [0.1, 0.15) is 5.82 Å². The second kappa shape index (κ2) is 4.83. The van der Waals surface area contributed by atoms with Crippen LogP contribution in [0.25, 0.3) is 0 Å². The molecule has 0 saturated heterocycles. The van der Waals surface area contributed by atoms with E-state index in [1.165, 1.54) is 12.3 Å². The number of pyridine rings is 1. The first-order chi connectivity index (χ1) is 8.72. The van der Waals surface area contributed by atoms with Crippen LogP contribution in [0.2, 0.25) is 5.02 Å². The van der Waals surface area contributed by atoms with E-state index in [1.807, 2.05) is 0 Å². The number of aromatic nitrogens is 1. The fourth-order valence-electron chi connectivity index (χ4n) is 2.51. The maximum atomic E-state index is 12.6. The SMILES string of the molecule is Nc1ncc(Cl)cc1C1(O)CCC(C(F)(F)F)CC1. The summed E-state index contributed by atoms with van der Waals surface area (Å²) in [5.74, 6) is -1.25. The van der Waals surface area contributed by atoms with E-state index in [9.17, 15) is 18.3 Å². The van der Waals surface area contributed by atoms with E-state index in [0.29, 0.717) is 10.6 Å². The van der Waals surface area contributed by atoms with Crippen LogP contribution in [0.3, 0.4) is 0 Å². The van der Waals surface area contributed by atoms with Crippen LogP contribution in [0.5, 0.6) is 0 Å². The number of hydrogen-bond donors (Lipinski definition) is 2. The molecule has 0 spiro atoms. The molecule has 0 atom stereocenters. The molecule has 0 aliphatic heterocycles. The van der Waals surface area contributed by atoms with E-state index >= 15 is 0 Å². The molecule has 1 aliphatic carbocycles. The minimum Gasteiger partial charge on any atom is -0.385 e. The average molecular weight is 295 g/mol. The molecule has 7 heteroatoms. The summed E-state index contributed by atoms with van der Waals surface area (Å²) >= 11 is 5.79. The van der Waals surface area contributed by atoms with Crippen LogP contribution in [0, 0.1) is 5.92 Å². The third-order valence-electron chi connectivity index (χ3n) is 3.66. The molecule has 1 heterocycles. The van der Waals surface area contributed by atoms with Crippen molar-refractivity contribution in [1.82, 2.24) is 4.98 Å². The number of nitrogen functional groups attached to an aromatic ring is 1. The maximum absolute atomic E-state index is 12.6. The first kappa shape index (κ1) is 14.4. The Kier molecular flexibility index (Phi) is 3.66. The second-order valence-corrected chi connectivity index (χ2v) is 5.37. The Labute approximate surface area is 113 Å². The lowest BCUT2D eigenvalue weighted by atomic mass is 9.75. The third kappa shape index (κ3) is 2.95. The van der Waals surface area contributed by atoms with E-state index < -0.39 is 17.7 Å². The maximum Gasteiger partial charge on any atom is 0.391 e. The Balaban J connectivity index is 2.20. The van der Waals surface area contributed by atoms with Crippen LogP contribution in [-0.4, -0.2) is 16.3 Å². The van der Waals surface area contributed by atoms with Crippen molar-refractivity contribution in [2.24, 2.45) is 5.92 Å². The van der Waals surface area contributed by atoms with Gasteiger partial charge in [-0.3, -0.25) is 0 Å². The van der Waals surface area contributed by atoms with Crippen LogP contribution in [-0.2, 0) is 5.60 Å². The van der Waals surface area contributed by atoms with Gasteiger partial charge in [-0.1, -0.05) is 11.6 Å². The summed E-state index contributed by atoms with van der Waals surface area (Å²) in [6.07, 6.45) is -3.10. The molecule has 0 unspecified atom stereocenters. The highest BCUT2D eigenvalue weighted by Crippen LogP contribution is 2.46. The topological polar surface area (TPSA) is 59.1 Å². The van der Waals surface area contributed by atoms with Crippen LogP contribution >= 0.6 is 11.6 Å². The van der Waals surface area contributed by atoms with E-state index in [2.05, 4.69) is 4.98 Å². The average Bonchev–Trinajstić information content (AvgIpc) is 2.31. The number of aliphatic hydroxyl groups is 1. The summed E-state index contributed by atoms with van der Waals surface area (Å²) < 4.78 is 37.8. The number of halogens is 4. The molecule has 0 radical (unpaired) electrons. The van der Waals surface area contributed by atoms with Crippen molar-refractivity contribution >= 4 is 17.4 Å².